The van der Waals surface area contributed by atoms with Gasteiger partial charge in [0, 0.05) is 18.6 Å². The van der Waals surface area contributed by atoms with E-state index in [0.29, 0.717) is 19.4 Å². The monoisotopic (exact) mass is 768 g/mol. The van der Waals surface area contributed by atoms with Gasteiger partial charge in [-0.1, -0.05) is 122 Å². The zero-order valence-electron chi connectivity index (χ0n) is 31.9. The maximum absolute atomic E-state index is 13.0. The summed E-state index contributed by atoms with van der Waals surface area (Å²) in [6.45, 7) is 27.4. The predicted molar refractivity (Wildman–Crippen MR) is 206 cm³/mol. The van der Waals surface area contributed by atoms with E-state index in [1.807, 2.05) is 12.1 Å². The first-order valence-corrected chi connectivity index (χ1v) is 24.1. The summed E-state index contributed by atoms with van der Waals surface area (Å²) in [5.74, 6) is -1.16. The largest absolute Gasteiger partial charge is 0.534 e. The number of alkyl halides is 3. The van der Waals surface area contributed by atoms with Gasteiger partial charge >= 0.3 is 15.6 Å². The molecule has 0 N–H and O–H groups in total. The minimum absolute atomic E-state index is 0.00434. The van der Waals surface area contributed by atoms with Gasteiger partial charge < -0.3 is 17.8 Å². The first-order chi connectivity index (χ1) is 23.4. The molecule has 0 amide bonds. The fraction of sp³-hybridized carbons (Fsp3) is 0.590. The van der Waals surface area contributed by atoms with E-state index < -0.39 is 43.9 Å². The molecule has 1 saturated heterocycles. The van der Waals surface area contributed by atoms with Gasteiger partial charge in [0.25, 0.3) is 8.32 Å². The van der Waals surface area contributed by atoms with E-state index in [-0.39, 0.29) is 34.8 Å². The Morgan fingerprint density at radius 1 is 0.922 bits per heavy atom. The lowest BCUT2D eigenvalue weighted by molar-refractivity contribution is -0.0527. The van der Waals surface area contributed by atoms with Crippen molar-refractivity contribution in [1.29, 1.82) is 0 Å². The second-order valence-electron chi connectivity index (χ2n) is 16.4. The van der Waals surface area contributed by atoms with Gasteiger partial charge in [-0.15, -0.1) is 0 Å². The lowest BCUT2D eigenvalue weighted by atomic mass is 9.96. The van der Waals surface area contributed by atoms with Crippen LogP contribution in [0.2, 0.25) is 23.2 Å². The third-order valence-electron chi connectivity index (χ3n) is 10.4. The van der Waals surface area contributed by atoms with Crippen molar-refractivity contribution in [3.8, 4) is 0 Å². The molecule has 2 aromatic rings. The second-order valence-corrected chi connectivity index (χ2v) is 27.0. The highest BCUT2D eigenvalue weighted by Crippen LogP contribution is 2.41. The lowest BCUT2D eigenvalue weighted by Crippen LogP contribution is -2.66. The number of ether oxygens (including phenoxy) is 1. The molecule has 1 aliphatic rings. The smallest absolute Gasteiger partial charge is 0.414 e. The molecule has 3 rings (SSSR count). The minimum Gasteiger partial charge on any atom is -0.414 e. The van der Waals surface area contributed by atoms with Crippen LogP contribution in [0.15, 0.2) is 85.2 Å². The van der Waals surface area contributed by atoms with E-state index in [0.717, 1.165) is 24.8 Å². The van der Waals surface area contributed by atoms with Gasteiger partial charge in [0.2, 0.25) is 0 Å². The summed E-state index contributed by atoms with van der Waals surface area (Å²) in [7, 11) is -10.7. The molecular weight excluding hydrogens is 710 g/mol. The van der Waals surface area contributed by atoms with Gasteiger partial charge in [0.05, 0.1) is 12.2 Å². The summed E-state index contributed by atoms with van der Waals surface area (Å²) in [6, 6.07) is 21.2. The van der Waals surface area contributed by atoms with Crippen LogP contribution in [0.3, 0.4) is 0 Å². The summed E-state index contributed by atoms with van der Waals surface area (Å²) in [6.07, 6.45) is 3.27. The summed E-state index contributed by atoms with van der Waals surface area (Å²) >= 11 is 0. The van der Waals surface area contributed by atoms with Crippen molar-refractivity contribution in [1.82, 2.24) is 0 Å². The summed E-state index contributed by atoms with van der Waals surface area (Å²) in [5.41, 5.74) is -4.52. The van der Waals surface area contributed by atoms with Gasteiger partial charge in [-0.3, -0.25) is 0 Å². The molecular formula is C39H59F3O6SSi2. The zero-order chi connectivity index (χ0) is 38.5. The molecule has 12 heteroatoms. The highest BCUT2D eigenvalue weighted by molar-refractivity contribution is 7.87. The van der Waals surface area contributed by atoms with Crippen LogP contribution in [0.1, 0.15) is 87.0 Å². The number of rotatable bonds is 17. The molecule has 0 aromatic heterocycles. The van der Waals surface area contributed by atoms with E-state index in [9.17, 15) is 21.6 Å². The minimum atomic E-state index is -5.80. The molecule has 3 unspecified atom stereocenters. The molecule has 286 valence electrons. The maximum atomic E-state index is 13.0. The van der Waals surface area contributed by atoms with E-state index in [1.165, 1.54) is 10.4 Å². The first-order valence-electron chi connectivity index (χ1n) is 17.9. The van der Waals surface area contributed by atoms with Gasteiger partial charge in [-0.25, -0.2) is 0 Å². The maximum Gasteiger partial charge on any atom is 0.534 e. The molecule has 51 heavy (non-hydrogen) atoms. The average molecular weight is 769 g/mol. The van der Waals surface area contributed by atoms with Gasteiger partial charge in [0.15, 0.2) is 8.32 Å². The van der Waals surface area contributed by atoms with Crippen molar-refractivity contribution < 1.29 is 39.4 Å². The number of halogens is 3. The highest BCUT2D eigenvalue weighted by Gasteiger charge is 2.51. The van der Waals surface area contributed by atoms with Gasteiger partial charge in [-0.2, -0.15) is 21.6 Å². The SMILES string of the molecule is C=C(OS(=O)(=O)C(F)(F)F)C(C)C[C@@H](CCC1OC(CCCO[Si](c2ccccc2)(c2ccccc2)C(C)(C)C)CC1=C)O[Si](C)(C)C(C)(C)C. The van der Waals surface area contributed by atoms with Crippen molar-refractivity contribution in [3.63, 3.8) is 0 Å². The molecule has 1 aliphatic heterocycles. The Balaban J connectivity index is 1.66. The van der Waals surface area contributed by atoms with Crippen LogP contribution >= 0.6 is 0 Å². The Hall–Kier alpha value is -2.23. The first kappa shape index (κ1) is 43.2. The van der Waals surface area contributed by atoms with E-state index >= 15 is 0 Å². The number of hydrogen-bond donors (Lipinski definition) is 0. The summed E-state index contributed by atoms with van der Waals surface area (Å²) in [4.78, 5) is 0. The standard InChI is InChI=1S/C39H59F3O6SSi2/c1-29(31(3)47-49(43,44)39(40,41)42)27-33(48-50(10,11)37(4,5)6)24-25-36-30(2)28-32(46-36)19-18-26-45-51(38(7,8)9,34-20-14-12-15-21-34)35-22-16-13-17-23-35/h12-17,20-23,29,32-33,36H,2-3,18-19,24-28H2,1,4-11H3/t29?,32?,33-,36?/m1/s1. The van der Waals surface area contributed by atoms with Crippen molar-refractivity contribution >= 4 is 37.1 Å². The quantitative estimate of drug-likeness (QED) is 0.0399. The van der Waals surface area contributed by atoms with Crippen LogP contribution in [-0.4, -0.2) is 55.5 Å². The van der Waals surface area contributed by atoms with Crippen LogP contribution in [-0.2, 0) is 27.9 Å². The van der Waals surface area contributed by atoms with Crippen molar-refractivity contribution in [2.45, 2.75) is 134 Å². The van der Waals surface area contributed by atoms with Crippen LogP contribution in [0.25, 0.3) is 0 Å². The fourth-order valence-corrected chi connectivity index (χ4v) is 13.0. The van der Waals surface area contributed by atoms with Crippen LogP contribution in [0, 0.1) is 5.92 Å². The Bertz CT molecular complexity index is 1510. The Morgan fingerprint density at radius 2 is 1.45 bits per heavy atom. The molecule has 1 heterocycles. The molecule has 2 aromatic carbocycles. The molecule has 0 saturated carbocycles. The fourth-order valence-electron chi connectivity index (χ4n) is 6.49. The van der Waals surface area contributed by atoms with E-state index in [4.69, 9.17) is 13.6 Å². The van der Waals surface area contributed by atoms with Crippen molar-refractivity contribution in [3.05, 3.63) is 85.2 Å². The summed E-state index contributed by atoms with van der Waals surface area (Å²) < 4.78 is 86.9. The second kappa shape index (κ2) is 16.8. The Morgan fingerprint density at radius 3 is 1.92 bits per heavy atom. The van der Waals surface area contributed by atoms with E-state index in [2.05, 4.69) is 121 Å². The molecule has 0 radical (unpaired) electrons. The Kier molecular flexibility index (Phi) is 14.3. The van der Waals surface area contributed by atoms with E-state index in [1.54, 1.807) is 6.92 Å². The van der Waals surface area contributed by atoms with Crippen molar-refractivity contribution in [2.24, 2.45) is 5.92 Å². The average Bonchev–Trinajstić information content (AvgIpc) is 3.37. The third kappa shape index (κ3) is 10.9. The van der Waals surface area contributed by atoms with Gasteiger partial charge in [-0.05, 0) is 77.6 Å². The van der Waals surface area contributed by atoms with Gasteiger partial charge in [0.1, 0.15) is 5.76 Å². The number of benzene rings is 2. The lowest BCUT2D eigenvalue weighted by Gasteiger charge is -2.43. The van der Waals surface area contributed by atoms with Crippen LogP contribution < -0.4 is 10.4 Å². The summed E-state index contributed by atoms with van der Waals surface area (Å²) in [5, 5.41) is 2.27. The third-order valence-corrected chi connectivity index (χ3v) is 21.0. The zero-order valence-corrected chi connectivity index (χ0v) is 34.8. The molecule has 0 bridgehead atoms. The van der Waals surface area contributed by atoms with Crippen LogP contribution in [0.5, 0.6) is 0 Å². The molecule has 4 atom stereocenters. The molecule has 0 aliphatic carbocycles. The van der Waals surface area contributed by atoms with Crippen LogP contribution in [0.4, 0.5) is 13.2 Å². The highest BCUT2D eigenvalue weighted by atomic mass is 32.2. The number of allylic oxidation sites excluding steroid dienone is 1. The predicted octanol–water partition coefficient (Wildman–Crippen LogP) is 9.63. The molecule has 6 nitrogen and oxygen atoms in total. The molecule has 0 spiro atoms. The Labute approximate surface area is 307 Å². The van der Waals surface area contributed by atoms with Crippen molar-refractivity contribution in [2.75, 3.05) is 6.61 Å². The topological polar surface area (TPSA) is 71.1 Å². The number of hydrogen-bond acceptors (Lipinski definition) is 6. The normalized spacial score (nSPS) is 19.2. The molecule has 1 fully saturated rings.